The van der Waals surface area contributed by atoms with Crippen molar-refractivity contribution in [3.8, 4) is 33.4 Å². The van der Waals surface area contributed by atoms with Crippen molar-refractivity contribution in [1.82, 2.24) is 0 Å². The number of furan rings is 1. The molecule has 9 aromatic rings. The van der Waals surface area contributed by atoms with Crippen molar-refractivity contribution in [2.75, 3.05) is 0 Å². The Morgan fingerprint density at radius 1 is 0.521 bits per heavy atom. The van der Waals surface area contributed by atoms with Crippen LogP contribution in [-0.4, -0.2) is 0 Å². The molecule has 1 nitrogen and oxygen atoms in total. The van der Waals surface area contributed by atoms with Gasteiger partial charge in [0.25, 0.3) is 0 Å². The molecule has 0 aliphatic rings. The average Bonchev–Trinajstić information content (AvgIpc) is 3.53. The van der Waals surface area contributed by atoms with E-state index in [0.717, 1.165) is 33.1 Å². The number of rotatable bonds is 5. The van der Waals surface area contributed by atoms with E-state index >= 15 is 0 Å². The van der Waals surface area contributed by atoms with Gasteiger partial charge in [-0.05, 0) is 102 Å². The molecule has 0 radical (unpaired) electrons. The standard InChI is InChI=1S/C47H32O/c1-3-4-14-31-27-28-42-46-36(24-13-26-43(46)48-47(42)30(31)2)33-17-11-18-34(29-33)44-38-20-7-9-22-40(38)45(41-23-10-8-21-39(41)44)37-25-12-16-32-15-5-6-19-35(32)37/h3-29H,1H2,2H3/b14-4-. The van der Waals surface area contributed by atoms with Crippen LogP contribution in [0.1, 0.15) is 11.1 Å². The first kappa shape index (κ1) is 28.1. The molecule has 0 bridgehead atoms. The Hall–Kier alpha value is -6.18. The van der Waals surface area contributed by atoms with Gasteiger partial charge in [0.15, 0.2) is 0 Å². The highest BCUT2D eigenvalue weighted by atomic mass is 16.3. The second-order valence-electron chi connectivity index (χ2n) is 12.5. The Kier molecular flexibility index (Phi) is 6.59. The second-order valence-corrected chi connectivity index (χ2v) is 12.5. The van der Waals surface area contributed by atoms with Crippen LogP contribution in [0, 0.1) is 6.92 Å². The van der Waals surface area contributed by atoms with E-state index in [1.165, 1.54) is 65.7 Å². The summed E-state index contributed by atoms with van der Waals surface area (Å²) in [6.45, 7) is 5.96. The lowest BCUT2D eigenvalue weighted by Gasteiger charge is -2.19. The van der Waals surface area contributed by atoms with Gasteiger partial charge in [-0.2, -0.15) is 0 Å². The van der Waals surface area contributed by atoms with Gasteiger partial charge in [0.2, 0.25) is 0 Å². The van der Waals surface area contributed by atoms with E-state index in [2.05, 4.69) is 165 Å². The molecule has 0 saturated heterocycles. The van der Waals surface area contributed by atoms with E-state index < -0.39 is 0 Å². The van der Waals surface area contributed by atoms with Crippen molar-refractivity contribution in [3.05, 3.63) is 175 Å². The molecule has 1 heteroatoms. The van der Waals surface area contributed by atoms with E-state index in [1.807, 2.05) is 6.08 Å². The van der Waals surface area contributed by atoms with Crippen molar-refractivity contribution < 1.29 is 4.42 Å². The molecule has 0 aliphatic heterocycles. The third-order valence-electron chi connectivity index (χ3n) is 9.82. The first-order valence-electron chi connectivity index (χ1n) is 16.5. The summed E-state index contributed by atoms with van der Waals surface area (Å²) in [5, 5.41) is 9.81. The Bertz CT molecular complexity index is 2690. The molecule has 9 rings (SSSR count). The Labute approximate surface area is 279 Å². The predicted octanol–water partition coefficient (Wildman–Crippen LogP) is 13.6. The predicted molar refractivity (Wildman–Crippen MR) is 207 cm³/mol. The molecule has 48 heavy (non-hydrogen) atoms. The molecule has 0 N–H and O–H groups in total. The average molecular weight is 613 g/mol. The third kappa shape index (κ3) is 4.32. The minimum atomic E-state index is 0.899. The molecule has 1 heterocycles. The van der Waals surface area contributed by atoms with Gasteiger partial charge in [-0.25, -0.2) is 0 Å². The fourth-order valence-electron chi connectivity index (χ4n) is 7.65. The summed E-state index contributed by atoms with van der Waals surface area (Å²) < 4.78 is 6.52. The van der Waals surface area contributed by atoms with Gasteiger partial charge >= 0.3 is 0 Å². The monoisotopic (exact) mass is 612 g/mol. The van der Waals surface area contributed by atoms with Crippen molar-refractivity contribution in [1.29, 1.82) is 0 Å². The molecule has 0 saturated carbocycles. The molecule has 0 spiro atoms. The van der Waals surface area contributed by atoms with Crippen LogP contribution in [0.4, 0.5) is 0 Å². The van der Waals surface area contributed by atoms with Gasteiger partial charge in [0, 0.05) is 10.8 Å². The van der Waals surface area contributed by atoms with Crippen LogP contribution >= 0.6 is 0 Å². The number of hydrogen-bond acceptors (Lipinski definition) is 1. The quantitative estimate of drug-likeness (QED) is 0.139. The van der Waals surface area contributed by atoms with Gasteiger partial charge in [0.1, 0.15) is 11.2 Å². The lowest BCUT2D eigenvalue weighted by Crippen LogP contribution is -1.92. The fourth-order valence-corrected chi connectivity index (χ4v) is 7.65. The summed E-state index contributed by atoms with van der Waals surface area (Å²) in [5.74, 6) is 0. The van der Waals surface area contributed by atoms with Crippen LogP contribution < -0.4 is 0 Å². The molecular formula is C47H32O. The number of aryl methyl sites for hydroxylation is 1. The maximum absolute atomic E-state index is 6.52. The molecule has 0 aliphatic carbocycles. The zero-order valence-corrected chi connectivity index (χ0v) is 26.7. The number of fused-ring (bicyclic) bond motifs is 6. The Morgan fingerprint density at radius 2 is 1.12 bits per heavy atom. The van der Waals surface area contributed by atoms with Crippen LogP contribution in [-0.2, 0) is 0 Å². The van der Waals surface area contributed by atoms with E-state index in [0.29, 0.717) is 0 Å². The molecular weight excluding hydrogens is 581 g/mol. The minimum absolute atomic E-state index is 0.899. The second kappa shape index (κ2) is 11.3. The zero-order chi connectivity index (χ0) is 32.2. The minimum Gasteiger partial charge on any atom is -0.456 e. The fraction of sp³-hybridized carbons (Fsp3) is 0.0213. The molecule has 1 aromatic heterocycles. The lowest BCUT2D eigenvalue weighted by atomic mass is 9.84. The summed E-state index contributed by atoms with van der Waals surface area (Å²) >= 11 is 0. The molecule has 226 valence electrons. The summed E-state index contributed by atoms with van der Waals surface area (Å²) in [5.41, 5.74) is 11.4. The molecule has 0 atom stereocenters. The summed E-state index contributed by atoms with van der Waals surface area (Å²) in [6, 6.07) is 52.9. The van der Waals surface area contributed by atoms with Gasteiger partial charge < -0.3 is 4.42 Å². The van der Waals surface area contributed by atoms with Crippen molar-refractivity contribution in [2.45, 2.75) is 6.92 Å². The van der Waals surface area contributed by atoms with Crippen LogP contribution in [0.5, 0.6) is 0 Å². The highest BCUT2D eigenvalue weighted by Gasteiger charge is 2.19. The van der Waals surface area contributed by atoms with Crippen molar-refractivity contribution >= 4 is 60.3 Å². The Morgan fingerprint density at radius 3 is 1.88 bits per heavy atom. The lowest BCUT2D eigenvalue weighted by molar-refractivity contribution is 0.665. The Balaban J connectivity index is 1.30. The van der Waals surface area contributed by atoms with Gasteiger partial charge in [-0.1, -0.05) is 152 Å². The van der Waals surface area contributed by atoms with Crippen LogP contribution in [0.3, 0.4) is 0 Å². The van der Waals surface area contributed by atoms with Crippen molar-refractivity contribution in [2.24, 2.45) is 0 Å². The third-order valence-corrected chi connectivity index (χ3v) is 9.82. The molecule has 0 unspecified atom stereocenters. The summed E-state index contributed by atoms with van der Waals surface area (Å²) in [4.78, 5) is 0. The smallest absolute Gasteiger partial charge is 0.138 e. The van der Waals surface area contributed by atoms with Crippen LogP contribution in [0.2, 0.25) is 0 Å². The topological polar surface area (TPSA) is 13.1 Å². The van der Waals surface area contributed by atoms with Crippen molar-refractivity contribution in [3.63, 3.8) is 0 Å². The largest absolute Gasteiger partial charge is 0.456 e. The maximum Gasteiger partial charge on any atom is 0.138 e. The van der Waals surface area contributed by atoms with E-state index in [1.54, 1.807) is 6.08 Å². The van der Waals surface area contributed by atoms with E-state index in [4.69, 9.17) is 4.42 Å². The normalized spacial score (nSPS) is 11.9. The maximum atomic E-state index is 6.52. The van der Waals surface area contributed by atoms with Crippen LogP contribution in [0.15, 0.2) is 169 Å². The van der Waals surface area contributed by atoms with Crippen LogP contribution in [0.25, 0.3) is 93.7 Å². The zero-order valence-electron chi connectivity index (χ0n) is 26.7. The molecule has 8 aromatic carbocycles. The highest BCUT2D eigenvalue weighted by molar-refractivity contribution is 6.23. The highest BCUT2D eigenvalue weighted by Crippen LogP contribution is 2.46. The first-order valence-corrected chi connectivity index (χ1v) is 16.5. The summed E-state index contributed by atoms with van der Waals surface area (Å²) in [6.07, 6.45) is 5.85. The number of hydrogen-bond donors (Lipinski definition) is 0. The number of allylic oxidation sites excluding steroid dienone is 2. The SMILES string of the molecule is C=C/C=C\c1ccc2c(oc3cccc(-c4cccc(-c5c6ccccc6c(-c6cccc7ccccc67)c6ccccc56)c4)c32)c1C. The summed E-state index contributed by atoms with van der Waals surface area (Å²) in [7, 11) is 0. The van der Waals surface area contributed by atoms with Gasteiger partial charge in [-0.3, -0.25) is 0 Å². The molecule has 0 amide bonds. The number of benzene rings is 8. The molecule has 0 fully saturated rings. The van der Waals surface area contributed by atoms with Gasteiger partial charge in [0.05, 0.1) is 0 Å². The van der Waals surface area contributed by atoms with E-state index in [9.17, 15) is 0 Å². The first-order chi connectivity index (χ1) is 23.7. The van der Waals surface area contributed by atoms with Gasteiger partial charge in [-0.15, -0.1) is 0 Å². The van der Waals surface area contributed by atoms with E-state index in [-0.39, 0.29) is 0 Å².